The lowest BCUT2D eigenvalue weighted by Gasteiger charge is -2.08. The molecule has 0 unspecified atom stereocenters. The molecule has 2 amide bonds. The van der Waals surface area contributed by atoms with E-state index in [1.54, 1.807) is 5.32 Å². The van der Waals surface area contributed by atoms with Crippen LogP contribution in [0.5, 0.6) is 0 Å². The van der Waals surface area contributed by atoms with Crippen LogP contribution in [0, 0.1) is 0 Å². The standard InChI is InChI=1S/C6H7F3N4O/c7-6(8,9)3-10-5(14)13-4-1-11-12-2-4/h1-2H,3H2,(H,11,12)(H2,10,13,14). The first-order valence-corrected chi connectivity index (χ1v) is 3.58. The molecule has 0 atom stereocenters. The van der Waals surface area contributed by atoms with Gasteiger partial charge in [0.2, 0.25) is 0 Å². The molecule has 0 aliphatic heterocycles. The molecule has 0 spiro atoms. The van der Waals surface area contributed by atoms with Crippen molar-refractivity contribution in [2.45, 2.75) is 6.18 Å². The van der Waals surface area contributed by atoms with E-state index in [1.807, 2.05) is 0 Å². The number of nitrogens with zero attached hydrogens (tertiary/aromatic N) is 1. The van der Waals surface area contributed by atoms with Gasteiger partial charge in [0.25, 0.3) is 0 Å². The smallest absolute Gasteiger partial charge is 0.329 e. The molecule has 78 valence electrons. The van der Waals surface area contributed by atoms with Crippen LogP contribution in [0.1, 0.15) is 0 Å². The Kier molecular flexibility index (Phi) is 2.95. The molecular weight excluding hydrogens is 201 g/mol. The maximum atomic E-state index is 11.6. The molecule has 1 aromatic heterocycles. The number of H-pyrrole nitrogens is 1. The van der Waals surface area contributed by atoms with Crippen LogP contribution in [0.25, 0.3) is 0 Å². The maximum Gasteiger partial charge on any atom is 0.405 e. The van der Waals surface area contributed by atoms with E-state index in [9.17, 15) is 18.0 Å². The third kappa shape index (κ3) is 3.78. The van der Waals surface area contributed by atoms with Gasteiger partial charge >= 0.3 is 12.2 Å². The number of aromatic amines is 1. The predicted octanol–water partition coefficient (Wildman–Crippen LogP) is 1.09. The number of aromatic nitrogens is 2. The van der Waals surface area contributed by atoms with Crippen LogP contribution in [0.4, 0.5) is 23.7 Å². The van der Waals surface area contributed by atoms with Crippen LogP contribution in [0.3, 0.4) is 0 Å². The molecule has 1 heterocycles. The number of alkyl halides is 3. The number of carbonyl (C=O) groups is 1. The lowest BCUT2D eigenvalue weighted by molar-refractivity contribution is -0.122. The van der Waals surface area contributed by atoms with Gasteiger partial charge in [-0.05, 0) is 0 Å². The van der Waals surface area contributed by atoms with Crippen LogP contribution < -0.4 is 10.6 Å². The maximum absolute atomic E-state index is 11.6. The Morgan fingerprint density at radius 1 is 1.57 bits per heavy atom. The molecule has 0 saturated heterocycles. The van der Waals surface area contributed by atoms with E-state index in [0.29, 0.717) is 5.69 Å². The van der Waals surface area contributed by atoms with Gasteiger partial charge in [-0.3, -0.25) is 5.10 Å². The summed E-state index contributed by atoms with van der Waals surface area (Å²) in [7, 11) is 0. The summed E-state index contributed by atoms with van der Waals surface area (Å²) in [5, 5.41) is 9.68. The number of carbonyl (C=O) groups excluding carboxylic acids is 1. The summed E-state index contributed by atoms with van der Waals surface area (Å²) in [5.41, 5.74) is 0.296. The van der Waals surface area contributed by atoms with Crippen molar-refractivity contribution >= 4 is 11.7 Å². The number of amides is 2. The molecule has 5 nitrogen and oxygen atoms in total. The highest BCUT2D eigenvalue weighted by molar-refractivity contribution is 5.88. The molecule has 0 aliphatic rings. The minimum atomic E-state index is -4.41. The fourth-order valence-corrected chi connectivity index (χ4v) is 0.675. The third-order valence-electron chi connectivity index (χ3n) is 1.21. The Morgan fingerprint density at radius 3 is 2.79 bits per heavy atom. The molecule has 0 aliphatic carbocycles. The molecule has 0 saturated carbocycles. The van der Waals surface area contributed by atoms with Gasteiger partial charge in [0, 0.05) is 6.20 Å². The minimum absolute atomic E-state index is 0.296. The first kappa shape index (κ1) is 10.4. The molecular formula is C6H7F3N4O. The molecule has 0 bridgehead atoms. The Labute approximate surface area is 76.7 Å². The van der Waals surface area contributed by atoms with Gasteiger partial charge in [0.15, 0.2) is 0 Å². The van der Waals surface area contributed by atoms with Gasteiger partial charge in [-0.2, -0.15) is 18.3 Å². The monoisotopic (exact) mass is 208 g/mol. The number of rotatable bonds is 2. The van der Waals surface area contributed by atoms with E-state index in [4.69, 9.17) is 0 Å². The summed E-state index contributed by atoms with van der Waals surface area (Å²) in [6.07, 6.45) is -1.80. The number of nitrogens with one attached hydrogen (secondary N) is 3. The number of anilines is 1. The van der Waals surface area contributed by atoms with Crippen molar-refractivity contribution in [2.75, 3.05) is 11.9 Å². The Balaban J connectivity index is 2.30. The van der Waals surface area contributed by atoms with Gasteiger partial charge in [-0.15, -0.1) is 0 Å². The molecule has 1 rings (SSSR count). The summed E-state index contributed by atoms with van der Waals surface area (Å²) in [6, 6.07) is -0.927. The molecule has 8 heteroatoms. The zero-order chi connectivity index (χ0) is 10.6. The summed E-state index contributed by atoms with van der Waals surface area (Å²) in [5.74, 6) is 0. The second-order valence-corrected chi connectivity index (χ2v) is 2.41. The number of hydrogen-bond acceptors (Lipinski definition) is 2. The summed E-state index contributed by atoms with van der Waals surface area (Å²) >= 11 is 0. The summed E-state index contributed by atoms with van der Waals surface area (Å²) in [6.45, 7) is -1.36. The fraction of sp³-hybridized carbons (Fsp3) is 0.333. The van der Waals surface area contributed by atoms with Crippen molar-refractivity contribution < 1.29 is 18.0 Å². The van der Waals surface area contributed by atoms with Crippen molar-refractivity contribution in [3.8, 4) is 0 Å². The molecule has 14 heavy (non-hydrogen) atoms. The summed E-state index contributed by atoms with van der Waals surface area (Å²) < 4.78 is 34.9. The fourth-order valence-electron chi connectivity index (χ4n) is 0.675. The van der Waals surface area contributed by atoms with Gasteiger partial charge < -0.3 is 10.6 Å². The van der Waals surface area contributed by atoms with Gasteiger partial charge in [-0.25, -0.2) is 4.79 Å². The van der Waals surface area contributed by atoms with E-state index < -0.39 is 18.8 Å². The van der Waals surface area contributed by atoms with Crippen LogP contribution in [0.2, 0.25) is 0 Å². The van der Waals surface area contributed by atoms with Crippen molar-refractivity contribution in [1.82, 2.24) is 15.5 Å². The van der Waals surface area contributed by atoms with Crippen molar-refractivity contribution in [1.29, 1.82) is 0 Å². The third-order valence-corrected chi connectivity index (χ3v) is 1.21. The van der Waals surface area contributed by atoms with E-state index in [2.05, 4.69) is 15.5 Å². The zero-order valence-corrected chi connectivity index (χ0v) is 6.85. The van der Waals surface area contributed by atoms with E-state index >= 15 is 0 Å². The normalized spacial score (nSPS) is 11.1. The van der Waals surface area contributed by atoms with Gasteiger partial charge in [-0.1, -0.05) is 0 Å². The van der Waals surface area contributed by atoms with Crippen molar-refractivity contribution in [3.63, 3.8) is 0 Å². The topological polar surface area (TPSA) is 69.8 Å². The number of hydrogen-bond donors (Lipinski definition) is 3. The van der Waals surface area contributed by atoms with E-state index in [0.717, 1.165) is 0 Å². The predicted molar refractivity (Wildman–Crippen MR) is 41.7 cm³/mol. The minimum Gasteiger partial charge on any atom is -0.329 e. The van der Waals surface area contributed by atoms with Crippen LogP contribution in [0.15, 0.2) is 12.4 Å². The average Bonchev–Trinajstić information content (AvgIpc) is 2.52. The lowest BCUT2D eigenvalue weighted by Crippen LogP contribution is -2.36. The summed E-state index contributed by atoms with van der Waals surface area (Å²) in [4.78, 5) is 10.8. The average molecular weight is 208 g/mol. The molecule has 1 aromatic rings. The van der Waals surface area contributed by atoms with Crippen molar-refractivity contribution in [3.05, 3.63) is 12.4 Å². The quantitative estimate of drug-likeness (QED) is 0.680. The highest BCUT2D eigenvalue weighted by atomic mass is 19.4. The molecule has 0 radical (unpaired) electrons. The highest BCUT2D eigenvalue weighted by Crippen LogP contribution is 2.12. The van der Waals surface area contributed by atoms with E-state index in [1.165, 1.54) is 12.4 Å². The van der Waals surface area contributed by atoms with Crippen LogP contribution in [-0.2, 0) is 0 Å². The number of halogens is 3. The largest absolute Gasteiger partial charge is 0.405 e. The second-order valence-electron chi connectivity index (χ2n) is 2.41. The molecule has 0 fully saturated rings. The van der Waals surface area contributed by atoms with E-state index in [-0.39, 0.29) is 0 Å². The SMILES string of the molecule is O=C(NCC(F)(F)F)Nc1cn[nH]c1. The number of urea groups is 1. The van der Waals surface area contributed by atoms with Crippen LogP contribution in [-0.4, -0.2) is 28.9 Å². The molecule has 3 N–H and O–H groups in total. The van der Waals surface area contributed by atoms with Crippen LogP contribution >= 0.6 is 0 Å². The van der Waals surface area contributed by atoms with Gasteiger partial charge in [0.1, 0.15) is 6.54 Å². The molecule has 0 aromatic carbocycles. The zero-order valence-electron chi connectivity index (χ0n) is 6.85. The first-order chi connectivity index (χ1) is 6.47. The lowest BCUT2D eigenvalue weighted by atomic mass is 10.5. The Bertz CT molecular complexity index is 295. The first-order valence-electron chi connectivity index (χ1n) is 3.58. The Hall–Kier alpha value is -1.73. The second kappa shape index (κ2) is 3.99. The Morgan fingerprint density at radius 2 is 2.29 bits per heavy atom. The van der Waals surface area contributed by atoms with Crippen molar-refractivity contribution in [2.24, 2.45) is 0 Å². The highest BCUT2D eigenvalue weighted by Gasteiger charge is 2.27. The van der Waals surface area contributed by atoms with Gasteiger partial charge in [0.05, 0.1) is 11.9 Å².